The third-order valence-electron chi connectivity index (χ3n) is 2.99. The van der Waals surface area contributed by atoms with E-state index in [0.717, 1.165) is 26.1 Å². The molecule has 0 saturated carbocycles. The molecule has 2 rings (SSSR count). The quantitative estimate of drug-likeness (QED) is 0.816. The average molecular weight is 205 g/mol. The van der Waals surface area contributed by atoms with Crippen molar-refractivity contribution in [1.82, 2.24) is 5.32 Å². The van der Waals surface area contributed by atoms with E-state index >= 15 is 0 Å². The summed E-state index contributed by atoms with van der Waals surface area (Å²) in [6, 6.07) is 10.7. The Balaban J connectivity index is 1.88. The Morgan fingerprint density at radius 1 is 1.40 bits per heavy atom. The van der Waals surface area contributed by atoms with E-state index in [4.69, 9.17) is 4.74 Å². The van der Waals surface area contributed by atoms with Crippen molar-refractivity contribution in [2.45, 2.75) is 25.4 Å². The molecule has 0 spiro atoms. The molecule has 1 aromatic carbocycles. The fourth-order valence-corrected chi connectivity index (χ4v) is 2.08. The van der Waals surface area contributed by atoms with Gasteiger partial charge in [0.2, 0.25) is 0 Å². The molecule has 82 valence electrons. The maximum atomic E-state index is 5.71. The Morgan fingerprint density at radius 3 is 2.87 bits per heavy atom. The fraction of sp³-hybridized carbons (Fsp3) is 0.538. The summed E-state index contributed by atoms with van der Waals surface area (Å²) >= 11 is 0. The highest BCUT2D eigenvalue weighted by Gasteiger charge is 2.17. The van der Waals surface area contributed by atoms with Gasteiger partial charge < -0.3 is 10.1 Å². The largest absolute Gasteiger partial charge is 0.376 e. The van der Waals surface area contributed by atoms with Crippen molar-refractivity contribution in [3.05, 3.63) is 35.9 Å². The van der Waals surface area contributed by atoms with Gasteiger partial charge in [0.1, 0.15) is 0 Å². The molecule has 1 aliphatic heterocycles. The SMILES string of the molecule is CC(CC1CNCCO1)c1ccccc1. The van der Waals surface area contributed by atoms with Gasteiger partial charge in [-0.05, 0) is 17.9 Å². The first-order chi connectivity index (χ1) is 7.36. The molecule has 2 nitrogen and oxygen atoms in total. The van der Waals surface area contributed by atoms with Crippen molar-refractivity contribution in [2.24, 2.45) is 0 Å². The highest BCUT2D eigenvalue weighted by Crippen LogP contribution is 2.21. The van der Waals surface area contributed by atoms with E-state index in [1.54, 1.807) is 0 Å². The topological polar surface area (TPSA) is 21.3 Å². The lowest BCUT2D eigenvalue weighted by Gasteiger charge is -2.26. The van der Waals surface area contributed by atoms with Crippen molar-refractivity contribution < 1.29 is 4.74 Å². The highest BCUT2D eigenvalue weighted by molar-refractivity contribution is 5.18. The zero-order chi connectivity index (χ0) is 10.5. The third kappa shape index (κ3) is 3.05. The van der Waals surface area contributed by atoms with Crippen LogP contribution in [0, 0.1) is 0 Å². The summed E-state index contributed by atoms with van der Waals surface area (Å²) < 4.78 is 5.71. The molecule has 1 aromatic rings. The Morgan fingerprint density at radius 2 is 2.20 bits per heavy atom. The van der Waals surface area contributed by atoms with Crippen LogP contribution in [-0.4, -0.2) is 25.8 Å². The van der Waals surface area contributed by atoms with Gasteiger partial charge in [-0.3, -0.25) is 0 Å². The van der Waals surface area contributed by atoms with E-state index in [1.165, 1.54) is 5.56 Å². The summed E-state index contributed by atoms with van der Waals surface area (Å²) in [6.07, 6.45) is 1.49. The van der Waals surface area contributed by atoms with Crippen LogP contribution < -0.4 is 5.32 Å². The zero-order valence-corrected chi connectivity index (χ0v) is 9.28. The summed E-state index contributed by atoms with van der Waals surface area (Å²) in [6.45, 7) is 5.12. The normalized spacial score (nSPS) is 23.7. The van der Waals surface area contributed by atoms with E-state index in [2.05, 4.69) is 42.6 Å². The molecule has 1 aliphatic rings. The van der Waals surface area contributed by atoms with Crippen molar-refractivity contribution >= 4 is 0 Å². The fourth-order valence-electron chi connectivity index (χ4n) is 2.08. The minimum atomic E-state index is 0.383. The number of rotatable bonds is 3. The maximum absolute atomic E-state index is 5.71. The summed E-state index contributed by atoms with van der Waals surface area (Å²) in [5, 5.41) is 3.37. The van der Waals surface area contributed by atoms with Crippen LogP contribution in [-0.2, 0) is 4.74 Å². The number of ether oxygens (including phenoxy) is 1. The summed E-state index contributed by atoms with van der Waals surface area (Å²) in [7, 11) is 0. The number of hydrogen-bond acceptors (Lipinski definition) is 2. The molecule has 1 heterocycles. The van der Waals surface area contributed by atoms with Gasteiger partial charge in [0, 0.05) is 13.1 Å². The molecule has 0 aliphatic carbocycles. The number of morpholine rings is 1. The molecule has 0 radical (unpaired) electrons. The van der Waals surface area contributed by atoms with Crippen molar-refractivity contribution in [3.63, 3.8) is 0 Å². The van der Waals surface area contributed by atoms with E-state index < -0.39 is 0 Å². The van der Waals surface area contributed by atoms with Gasteiger partial charge in [-0.1, -0.05) is 37.3 Å². The monoisotopic (exact) mass is 205 g/mol. The molecule has 1 N–H and O–H groups in total. The molecule has 0 aromatic heterocycles. The van der Waals surface area contributed by atoms with Crippen LogP contribution in [0.3, 0.4) is 0 Å². The van der Waals surface area contributed by atoms with Gasteiger partial charge in [-0.15, -0.1) is 0 Å². The molecule has 2 unspecified atom stereocenters. The first-order valence-corrected chi connectivity index (χ1v) is 5.73. The Hall–Kier alpha value is -0.860. The standard InChI is InChI=1S/C13H19NO/c1-11(12-5-3-2-4-6-12)9-13-10-14-7-8-15-13/h2-6,11,13-14H,7-10H2,1H3. The lowest BCUT2D eigenvalue weighted by molar-refractivity contribution is 0.0201. The highest BCUT2D eigenvalue weighted by atomic mass is 16.5. The smallest absolute Gasteiger partial charge is 0.0705 e. The number of hydrogen-bond donors (Lipinski definition) is 1. The van der Waals surface area contributed by atoms with Gasteiger partial charge >= 0.3 is 0 Å². The summed E-state index contributed by atoms with van der Waals surface area (Å²) in [5.41, 5.74) is 1.41. The van der Waals surface area contributed by atoms with Crippen LogP contribution in [0.4, 0.5) is 0 Å². The summed E-state index contributed by atoms with van der Waals surface area (Å²) in [4.78, 5) is 0. The van der Waals surface area contributed by atoms with Crippen molar-refractivity contribution in [2.75, 3.05) is 19.7 Å². The molecular formula is C13H19NO. The predicted octanol–water partition coefficient (Wildman–Crippen LogP) is 2.17. The van der Waals surface area contributed by atoms with E-state index in [9.17, 15) is 0 Å². The first kappa shape index (κ1) is 10.7. The van der Waals surface area contributed by atoms with Crippen LogP contribution in [0.1, 0.15) is 24.8 Å². The molecule has 2 atom stereocenters. The molecule has 15 heavy (non-hydrogen) atoms. The van der Waals surface area contributed by atoms with Gasteiger partial charge in [-0.2, -0.15) is 0 Å². The van der Waals surface area contributed by atoms with Crippen LogP contribution in [0.2, 0.25) is 0 Å². The molecular weight excluding hydrogens is 186 g/mol. The molecule has 0 amide bonds. The van der Waals surface area contributed by atoms with E-state index in [-0.39, 0.29) is 0 Å². The summed E-state index contributed by atoms with van der Waals surface area (Å²) in [5.74, 6) is 0.580. The Kier molecular flexibility index (Phi) is 3.75. The minimum absolute atomic E-state index is 0.383. The van der Waals surface area contributed by atoms with Crippen LogP contribution in [0.15, 0.2) is 30.3 Å². The average Bonchev–Trinajstić information content (AvgIpc) is 2.31. The molecule has 2 heteroatoms. The Bertz CT molecular complexity index is 280. The Labute approximate surface area is 91.6 Å². The maximum Gasteiger partial charge on any atom is 0.0705 e. The van der Waals surface area contributed by atoms with Crippen molar-refractivity contribution in [1.29, 1.82) is 0 Å². The second kappa shape index (κ2) is 5.29. The van der Waals surface area contributed by atoms with Crippen LogP contribution in [0.25, 0.3) is 0 Å². The first-order valence-electron chi connectivity index (χ1n) is 5.73. The number of nitrogens with one attached hydrogen (secondary N) is 1. The van der Waals surface area contributed by atoms with Gasteiger partial charge in [0.15, 0.2) is 0 Å². The lowest BCUT2D eigenvalue weighted by atomic mass is 9.95. The molecule has 0 bridgehead atoms. The molecule has 1 saturated heterocycles. The predicted molar refractivity (Wildman–Crippen MR) is 62.1 cm³/mol. The number of benzene rings is 1. The van der Waals surface area contributed by atoms with Crippen LogP contribution in [0.5, 0.6) is 0 Å². The van der Waals surface area contributed by atoms with Gasteiger partial charge in [0.25, 0.3) is 0 Å². The lowest BCUT2D eigenvalue weighted by Crippen LogP contribution is -2.39. The third-order valence-corrected chi connectivity index (χ3v) is 2.99. The van der Waals surface area contributed by atoms with Gasteiger partial charge in [-0.25, -0.2) is 0 Å². The molecule has 1 fully saturated rings. The second-order valence-electron chi connectivity index (χ2n) is 4.24. The zero-order valence-electron chi connectivity index (χ0n) is 9.28. The van der Waals surface area contributed by atoms with Gasteiger partial charge in [0.05, 0.1) is 12.7 Å². The minimum Gasteiger partial charge on any atom is -0.376 e. The van der Waals surface area contributed by atoms with E-state index in [0.29, 0.717) is 12.0 Å². The van der Waals surface area contributed by atoms with E-state index in [1.807, 2.05) is 0 Å². The van der Waals surface area contributed by atoms with Crippen molar-refractivity contribution in [3.8, 4) is 0 Å². The van der Waals surface area contributed by atoms with Crippen LogP contribution >= 0.6 is 0 Å². The second-order valence-corrected chi connectivity index (χ2v) is 4.24.